The molecule has 2 unspecified atom stereocenters. The van der Waals surface area contributed by atoms with E-state index in [-0.39, 0.29) is 16.9 Å². The van der Waals surface area contributed by atoms with Crippen LogP contribution in [-0.4, -0.2) is 26.2 Å². The minimum Gasteiger partial charge on any atom is -0.492 e. The molecule has 4 aliphatic carbocycles. The van der Waals surface area contributed by atoms with E-state index in [1.165, 1.54) is 0 Å². The van der Waals surface area contributed by atoms with Crippen molar-refractivity contribution in [2.45, 2.75) is 71.3 Å². The quantitative estimate of drug-likeness (QED) is 0.729. The van der Waals surface area contributed by atoms with E-state index in [1.807, 2.05) is 0 Å². The molecular weight excluding hydrogens is 338 g/mol. The summed E-state index contributed by atoms with van der Waals surface area (Å²) in [6, 6.07) is 0. The van der Waals surface area contributed by atoms with Crippen molar-refractivity contribution in [2.75, 3.05) is 6.26 Å². The minimum absolute atomic E-state index is 0.106. The Balaban J connectivity index is 1.86. The molecule has 0 aromatic rings. The maximum absolute atomic E-state index is 12.8. The van der Waals surface area contributed by atoms with E-state index in [4.69, 9.17) is 4.74 Å². The predicted molar refractivity (Wildman–Crippen MR) is 97.1 cm³/mol. The van der Waals surface area contributed by atoms with Gasteiger partial charge in [-0.1, -0.05) is 27.4 Å². The summed E-state index contributed by atoms with van der Waals surface area (Å²) in [6.45, 7) is 10.6. The van der Waals surface area contributed by atoms with Crippen LogP contribution in [0.2, 0.25) is 0 Å². The Morgan fingerprint density at radius 1 is 1.24 bits per heavy atom. The number of hydrogen-bond acceptors (Lipinski definition) is 4. The molecular formula is C19H31NO4S. The van der Waals surface area contributed by atoms with Crippen LogP contribution in [-0.2, 0) is 19.6 Å². The summed E-state index contributed by atoms with van der Waals surface area (Å²) < 4.78 is 31.9. The highest BCUT2D eigenvalue weighted by Gasteiger charge is 2.62. The van der Waals surface area contributed by atoms with Crippen LogP contribution in [0.1, 0.15) is 65.7 Å². The second-order valence-electron chi connectivity index (χ2n) is 9.39. The van der Waals surface area contributed by atoms with Crippen LogP contribution in [0.5, 0.6) is 0 Å². The van der Waals surface area contributed by atoms with Gasteiger partial charge in [0.05, 0.1) is 17.4 Å². The third-order valence-corrected chi connectivity index (χ3v) is 7.30. The third-order valence-electron chi connectivity index (χ3n) is 6.75. The van der Waals surface area contributed by atoms with Gasteiger partial charge in [0.2, 0.25) is 15.9 Å². The highest BCUT2D eigenvalue weighted by molar-refractivity contribution is 7.89. The first-order chi connectivity index (χ1) is 11.4. The number of ether oxygens (including phenoxy) is 1. The van der Waals surface area contributed by atoms with Gasteiger partial charge in [0.15, 0.2) is 0 Å². The molecule has 4 saturated carbocycles. The first-order valence-electron chi connectivity index (χ1n) is 9.29. The predicted octanol–water partition coefficient (Wildman–Crippen LogP) is 3.37. The first-order valence-corrected chi connectivity index (χ1v) is 11.2. The molecule has 4 fully saturated rings. The lowest BCUT2D eigenvalue weighted by Crippen LogP contribution is -2.61. The summed E-state index contributed by atoms with van der Waals surface area (Å²) in [5.41, 5.74) is -1.07. The summed E-state index contributed by atoms with van der Waals surface area (Å²) >= 11 is 0. The van der Waals surface area contributed by atoms with Crippen molar-refractivity contribution in [2.24, 2.45) is 22.7 Å². The molecule has 0 aromatic carbocycles. The van der Waals surface area contributed by atoms with Gasteiger partial charge < -0.3 is 4.74 Å². The van der Waals surface area contributed by atoms with Gasteiger partial charge in [-0.25, -0.2) is 8.42 Å². The van der Waals surface area contributed by atoms with E-state index in [9.17, 15) is 13.2 Å². The largest absolute Gasteiger partial charge is 0.492 e. The Hall–Kier alpha value is -1.04. The van der Waals surface area contributed by atoms with Gasteiger partial charge in [-0.15, -0.1) is 0 Å². The van der Waals surface area contributed by atoms with Crippen LogP contribution >= 0.6 is 0 Å². The molecule has 0 aliphatic heterocycles. The van der Waals surface area contributed by atoms with Gasteiger partial charge in [0.1, 0.15) is 5.60 Å². The smallest absolute Gasteiger partial charge is 0.239 e. The first kappa shape index (κ1) is 18.7. The summed E-state index contributed by atoms with van der Waals surface area (Å²) in [6.07, 6.45) is 7.18. The normalized spacial score (nSPS) is 37.0. The summed E-state index contributed by atoms with van der Waals surface area (Å²) in [4.78, 5) is 12.8. The van der Waals surface area contributed by atoms with Crippen LogP contribution in [0.4, 0.5) is 0 Å². The van der Waals surface area contributed by atoms with Crippen LogP contribution in [0.25, 0.3) is 0 Å². The average molecular weight is 370 g/mol. The van der Waals surface area contributed by atoms with E-state index in [0.717, 1.165) is 50.5 Å². The molecule has 5 nitrogen and oxygen atoms in total. The molecule has 4 rings (SSSR count). The second kappa shape index (κ2) is 5.73. The maximum atomic E-state index is 12.8. The molecule has 4 aliphatic rings. The van der Waals surface area contributed by atoms with Gasteiger partial charge in [-0.3, -0.25) is 9.52 Å². The lowest BCUT2D eigenvalue weighted by Gasteiger charge is -2.61. The molecule has 2 atom stereocenters. The number of amides is 1. The Bertz CT molecular complexity index is 680. The fraction of sp³-hybridized carbons (Fsp3) is 0.842. The fourth-order valence-electron chi connectivity index (χ4n) is 5.44. The van der Waals surface area contributed by atoms with Crippen molar-refractivity contribution in [1.29, 1.82) is 0 Å². The zero-order valence-corrected chi connectivity index (χ0v) is 16.7. The Labute approximate surface area is 151 Å². The Kier molecular flexibility index (Phi) is 4.30. The van der Waals surface area contributed by atoms with Crippen molar-refractivity contribution >= 4 is 15.9 Å². The number of allylic oxidation sites excluding steroid dienone is 1. The molecule has 1 amide bonds. The molecule has 6 heteroatoms. The van der Waals surface area contributed by atoms with Crippen molar-refractivity contribution < 1.29 is 17.9 Å². The maximum Gasteiger partial charge on any atom is 0.239 e. The van der Waals surface area contributed by atoms with E-state index in [0.29, 0.717) is 18.3 Å². The van der Waals surface area contributed by atoms with Crippen LogP contribution in [0.15, 0.2) is 12.3 Å². The fourth-order valence-corrected chi connectivity index (χ4v) is 5.99. The zero-order chi connectivity index (χ0) is 18.7. The van der Waals surface area contributed by atoms with E-state index >= 15 is 0 Å². The number of nitrogens with one attached hydrogen (secondary N) is 1. The van der Waals surface area contributed by atoms with Gasteiger partial charge in [0.25, 0.3) is 0 Å². The summed E-state index contributed by atoms with van der Waals surface area (Å²) in [7, 11) is -3.54. The number of carbonyl (C=O) groups excluding carboxylic acids is 1. The van der Waals surface area contributed by atoms with E-state index < -0.39 is 15.4 Å². The molecule has 4 bridgehead atoms. The van der Waals surface area contributed by atoms with Crippen molar-refractivity contribution in [3.8, 4) is 0 Å². The van der Waals surface area contributed by atoms with Crippen molar-refractivity contribution in [3.63, 3.8) is 0 Å². The molecule has 0 radical (unpaired) electrons. The van der Waals surface area contributed by atoms with Crippen LogP contribution < -0.4 is 4.72 Å². The van der Waals surface area contributed by atoms with Gasteiger partial charge >= 0.3 is 0 Å². The number of carbonyl (C=O) groups is 1. The third kappa shape index (κ3) is 3.46. The molecule has 0 heterocycles. The number of rotatable bonds is 6. The standard InChI is InChI=1S/C19H31NO4S/c1-6-17(3,4)13(2)24-19-10-14-7-15(11-19)9-18(8-14,12-19)16(21)20-25(5,22)23/h14-15H,2,6-12H2,1,3-5H3,(H,20,21). The Morgan fingerprint density at radius 3 is 2.28 bits per heavy atom. The van der Waals surface area contributed by atoms with Gasteiger partial charge in [-0.2, -0.15) is 0 Å². The second-order valence-corrected chi connectivity index (χ2v) is 11.1. The lowest BCUT2D eigenvalue weighted by molar-refractivity contribution is -0.188. The molecule has 0 saturated heterocycles. The highest BCUT2D eigenvalue weighted by atomic mass is 32.2. The van der Waals surface area contributed by atoms with E-state index in [1.54, 1.807) is 0 Å². The summed E-state index contributed by atoms with van der Waals surface area (Å²) in [5, 5.41) is 0. The Morgan fingerprint density at radius 2 is 1.80 bits per heavy atom. The van der Waals surface area contributed by atoms with Gasteiger partial charge in [-0.05, 0) is 50.4 Å². The molecule has 142 valence electrons. The monoisotopic (exact) mass is 369 g/mol. The minimum atomic E-state index is -3.54. The summed E-state index contributed by atoms with van der Waals surface area (Å²) in [5.74, 6) is 1.32. The van der Waals surface area contributed by atoms with Crippen molar-refractivity contribution in [3.05, 3.63) is 12.3 Å². The average Bonchev–Trinajstić information content (AvgIpc) is 2.43. The van der Waals surface area contributed by atoms with Crippen LogP contribution in [0, 0.1) is 22.7 Å². The van der Waals surface area contributed by atoms with Crippen LogP contribution in [0.3, 0.4) is 0 Å². The van der Waals surface area contributed by atoms with E-state index in [2.05, 4.69) is 32.1 Å². The lowest BCUT2D eigenvalue weighted by atomic mass is 9.47. The van der Waals surface area contributed by atoms with Crippen molar-refractivity contribution in [1.82, 2.24) is 4.72 Å². The molecule has 25 heavy (non-hydrogen) atoms. The zero-order valence-electron chi connectivity index (χ0n) is 15.9. The number of sulfonamides is 1. The topological polar surface area (TPSA) is 72.5 Å². The molecule has 1 N–H and O–H groups in total. The SMILES string of the molecule is C=C(OC12CC3CC(C1)CC(C(=O)NS(C)(=O)=O)(C3)C2)C(C)(C)CC. The molecule has 0 aromatic heterocycles. The highest BCUT2D eigenvalue weighted by Crippen LogP contribution is 2.63. The van der Waals surface area contributed by atoms with Gasteiger partial charge in [0, 0.05) is 11.8 Å². The molecule has 0 spiro atoms. The number of hydrogen-bond donors (Lipinski definition) is 1.